The van der Waals surface area contributed by atoms with Crippen LogP contribution in [0, 0.1) is 10.1 Å². The summed E-state index contributed by atoms with van der Waals surface area (Å²) in [7, 11) is 0. The van der Waals surface area contributed by atoms with Gasteiger partial charge in [-0.3, -0.25) is 14.9 Å². The molecule has 0 saturated heterocycles. The van der Waals surface area contributed by atoms with Gasteiger partial charge in [0.25, 0.3) is 11.6 Å². The van der Waals surface area contributed by atoms with Crippen molar-refractivity contribution in [3.8, 4) is 0 Å². The van der Waals surface area contributed by atoms with Crippen molar-refractivity contribution >= 4 is 23.2 Å². The Morgan fingerprint density at radius 3 is 2.22 bits per heavy atom. The number of carbonyl (C=O) groups is 1. The first kappa shape index (κ1) is 22.9. The molecule has 0 aliphatic carbocycles. The number of benzene rings is 3. The number of hydrogen-bond acceptors (Lipinski definition) is 3. The van der Waals surface area contributed by atoms with Crippen molar-refractivity contribution in [3.63, 3.8) is 0 Å². The second-order valence-electron chi connectivity index (χ2n) is 8.84. The van der Waals surface area contributed by atoms with Gasteiger partial charge in [0.1, 0.15) is 0 Å². The minimum atomic E-state index is -0.442. The van der Waals surface area contributed by atoms with Crippen LogP contribution in [0.5, 0.6) is 0 Å². The fourth-order valence-electron chi connectivity index (χ4n) is 3.42. The number of nitrogens with one attached hydrogen (secondary N) is 1. The van der Waals surface area contributed by atoms with E-state index in [0.717, 1.165) is 11.1 Å². The monoisotopic (exact) mass is 428 g/mol. The van der Waals surface area contributed by atoms with Crippen LogP contribution < -0.4 is 5.32 Å². The highest BCUT2D eigenvalue weighted by Crippen LogP contribution is 2.25. The van der Waals surface area contributed by atoms with Crippen LogP contribution in [0.4, 0.5) is 5.69 Å². The van der Waals surface area contributed by atoms with Gasteiger partial charge in [-0.2, -0.15) is 0 Å². The van der Waals surface area contributed by atoms with Gasteiger partial charge in [0.2, 0.25) is 0 Å². The molecule has 164 valence electrons. The van der Waals surface area contributed by atoms with E-state index in [0.29, 0.717) is 11.1 Å². The largest absolute Gasteiger partial charge is 0.345 e. The Morgan fingerprint density at radius 1 is 0.969 bits per heavy atom. The normalized spacial score (nSPS) is 12.8. The van der Waals surface area contributed by atoms with Gasteiger partial charge in [-0.15, -0.1) is 0 Å². The summed E-state index contributed by atoms with van der Waals surface area (Å²) in [5.74, 6) is -0.241. The molecule has 3 aromatic rings. The van der Waals surface area contributed by atoms with Crippen molar-refractivity contribution in [1.82, 2.24) is 5.32 Å². The van der Waals surface area contributed by atoms with Crippen LogP contribution in [0.1, 0.15) is 56.0 Å². The minimum absolute atomic E-state index is 0.0149. The average Bonchev–Trinajstić information content (AvgIpc) is 2.77. The first-order valence-electron chi connectivity index (χ1n) is 10.6. The number of hydrogen-bond donors (Lipinski definition) is 1. The number of amides is 1. The maximum Gasteiger partial charge on any atom is 0.270 e. The molecule has 32 heavy (non-hydrogen) atoms. The molecular formula is C27H28N2O3. The molecule has 5 heteroatoms. The van der Waals surface area contributed by atoms with Gasteiger partial charge in [-0.25, -0.2) is 0 Å². The van der Waals surface area contributed by atoms with E-state index < -0.39 is 4.92 Å². The first-order valence-corrected chi connectivity index (χ1v) is 10.6. The summed E-state index contributed by atoms with van der Waals surface area (Å²) in [4.78, 5) is 24.0. The van der Waals surface area contributed by atoms with E-state index in [9.17, 15) is 14.9 Å². The number of non-ortho nitro benzene ring substituents is 1. The van der Waals surface area contributed by atoms with Crippen molar-refractivity contribution in [1.29, 1.82) is 0 Å². The second kappa shape index (κ2) is 9.60. The standard InChI is InChI=1S/C27H28N2O3/c1-19(21-13-15-23(16-14-21)27(2,3)4)28-26(30)25(22-10-6-5-7-11-22)18-20-9-8-12-24(17-20)29(31)32/h5-19H,1-4H3,(H,28,30)/b25-18+. The molecule has 3 aromatic carbocycles. The zero-order chi connectivity index (χ0) is 23.3. The van der Waals surface area contributed by atoms with Crippen LogP contribution >= 0.6 is 0 Å². The van der Waals surface area contributed by atoms with E-state index in [1.54, 1.807) is 18.2 Å². The van der Waals surface area contributed by atoms with Gasteiger partial charge in [0.05, 0.1) is 11.0 Å². The van der Waals surface area contributed by atoms with Gasteiger partial charge in [-0.1, -0.05) is 87.5 Å². The van der Waals surface area contributed by atoms with Crippen molar-refractivity contribution in [2.75, 3.05) is 0 Å². The van der Waals surface area contributed by atoms with Crippen molar-refractivity contribution < 1.29 is 9.72 Å². The molecule has 0 aliphatic rings. The summed E-state index contributed by atoms with van der Waals surface area (Å²) in [5.41, 5.74) is 4.07. The SMILES string of the molecule is CC(NC(=O)/C(=C/c1cccc([N+](=O)[O-])c1)c1ccccc1)c1ccc(C(C)(C)C)cc1. The molecule has 0 bridgehead atoms. The zero-order valence-corrected chi connectivity index (χ0v) is 18.8. The number of carbonyl (C=O) groups excluding carboxylic acids is 1. The van der Waals surface area contributed by atoms with E-state index in [4.69, 9.17) is 0 Å². The summed E-state index contributed by atoms with van der Waals surface area (Å²) in [6.45, 7) is 8.44. The molecule has 3 rings (SSSR count). The Morgan fingerprint density at radius 2 is 1.62 bits per heavy atom. The van der Waals surface area contributed by atoms with E-state index in [1.165, 1.54) is 17.7 Å². The third-order valence-corrected chi connectivity index (χ3v) is 5.35. The van der Waals surface area contributed by atoms with Crippen molar-refractivity contribution in [2.45, 2.75) is 39.2 Å². The Balaban J connectivity index is 1.89. The topological polar surface area (TPSA) is 72.2 Å². The van der Waals surface area contributed by atoms with Gasteiger partial charge in [0, 0.05) is 17.7 Å². The third kappa shape index (κ3) is 5.70. The molecule has 1 unspecified atom stereocenters. The zero-order valence-electron chi connectivity index (χ0n) is 18.8. The van der Waals surface area contributed by atoms with Crippen LogP contribution in [0.15, 0.2) is 78.9 Å². The number of nitrogens with zero attached hydrogens (tertiary/aromatic N) is 1. The van der Waals surface area contributed by atoms with Crippen LogP contribution in [0.3, 0.4) is 0 Å². The first-order chi connectivity index (χ1) is 15.1. The Labute approximate surface area is 189 Å². The van der Waals surface area contributed by atoms with Crippen molar-refractivity contribution in [3.05, 3.63) is 111 Å². The van der Waals surface area contributed by atoms with Crippen LogP contribution in [0.2, 0.25) is 0 Å². The summed E-state index contributed by atoms with van der Waals surface area (Å²) in [5, 5.41) is 14.2. The number of nitro benzene ring substituents is 1. The molecule has 0 radical (unpaired) electrons. The third-order valence-electron chi connectivity index (χ3n) is 5.35. The summed E-state index contributed by atoms with van der Waals surface area (Å²) in [6.07, 6.45) is 1.69. The summed E-state index contributed by atoms with van der Waals surface area (Å²) >= 11 is 0. The van der Waals surface area contributed by atoms with E-state index >= 15 is 0 Å². The summed E-state index contributed by atoms with van der Waals surface area (Å²) in [6, 6.07) is 23.6. The fourth-order valence-corrected chi connectivity index (χ4v) is 3.42. The van der Waals surface area contributed by atoms with Gasteiger partial charge in [0.15, 0.2) is 0 Å². The molecular weight excluding hydrogens is 400 g/mol. The van der Waals surface area contributed by atoms with Crippen LogP contribution in [-0.2, 0) is 10.2 Å². The van der Waals surface area contributed by atoms with Gasteiger partial charge >= 0.3 is 0 Å². The Bertz CT molecular complexity index is 1130. The Kier molecular flexibility index (Phi) is 6.89. The maximum absolute atomic E-state index is 13.3. The number of nitro groups is 1. The van der Waals surface area contributed by atoms with E-state index in [1.807, 2.05) is 49.4 Å². The molecule has 0 heterocycles. The van der Waals surface area contributed by atoms with Gasteiger partial charge in [-0.05, 0) is 40.7 Å². The fraction of sp³-hybridized carbons (Fsp3) is 0.222. The molecule has 0 aromatic heterocycles. The predicted octanol–water partition coefficient (Wildman–Crippen LogP) is 6.31. The average molecular weight is 429 g/mol. The molecule has 1 amide bonds. The molecule has 0 fully saturated rings. The highest BCUT2D eigenvalue weighted by Gasteiger charge is 2.18. The van der Waals surface area contributed by atoms with Crippen LogP contribution in [-0.4, -0.2) is 10.8 Å². The second-order valence-corrected chi connectivity index (χ2v) is 8.84. The predicted molar refractivity (Wildman–Crippen MR) is 129 cm³/mol. The van der Waals surface area contributed by atoms with Crippen molar-refractivity contribution in [2.24, 2.45) is 0 Å². The molecule has 0 aliphatic heterocycles. The molecule has 1 N–H and O–H groups in total. The quantitative estimate of drug-likeness (QED) is 0.216. The minimum Gasteiger partial charge on any atom is -0.345 e. The molecule has 0 spiro atoms. The Hall–Kier alpha value is -3.73. The lowest BCUT2D eigenvalue weighted by molar-refractivity contribution is -0.384. The lowest BCUT2D eigenvalue weighted by Crippen LogP contribution is -2.27. The lowest BCUT2D eigenvalue weighted by Gasteiger charge is -2.21. The van der Waals surface area contributed by atoms with Gasteiger partial charge < -0.3 is 5.32 Å². The smallest absolute Gasteiger partial charge is 0.270 e. The lowest BCUT2D eigenvalue weighted by atomic mass is 9.86. The molecule has 5 nitrogen and oxygen atoms in total. The molecule has 1 atom stereocenters. The highest BCUT2D eigenvalue weighted by atomic mass is 16.6. The molecule has 0 saturated carbocycles. The summed E-state index contributed by atoms with van der Waals surface area (Å²) < 4.78 is 0. The van der Waals surface area contributed by atoms with E-state index in [-0.39, 0.29) is 23.1 Å². The highest BCUT2D eigenvalue weighted by molar-refractivity contribution is 6.24. The maximum atomic E-state index is 13.3. The van der Waals surface area contributed by atoms with Crippen LogP contribution in [0.25, 0.3) is 11.6 Å². The number of rotatable bonds is 6. The van der Waals surface area contributed by atoms with E-state index in [2.05, 4.69) is 38.2 Å².